The van der Waals surface area contributed by atoms with E-state index in [0.29, 0.717) is 6.61 Å². The molecule has 0 saturated heterocycles. The van der Waals surface area contributed by atoms with E-state index in [4.69, 9.17) is 14.6 Å². The smallest absolute Gasteiger partial charge is 0.0780 e. The zero-order chi connectivity index (χ0) is 20.0. The highest BCUT2D eigenvalue weighted by Gasteiger charge is 2.05. The molecule has 0 aliphatic rings. The molecule has 0 aliphatic heterocycles. The first-order valence-electron chi connectivity index (χ1n) is 12.0. The van der Waals surface area contributed by atoms with Crippen molar-refractivity contribution in [3.63, 3.8) is 0 Å². The second-order valence-corrected chi connectivity index (χ2v) is 8.31. The SMILES string of the molecule is CCCCCCCCCCCCCCCCCCOC(C)COC(C)CO. The molecule has 27 heavy (non-hydrogen) atoms. The van der Waals surface area contributed by atoms with Crippen molar-refractivity contribution in [2.75, 3.05) is 19.8 Å². The Labute approximate surface area is 170 Å². The molecule has 0 aromatic carbocycles. The lowest BCUT2D eigenvalue weighted by atomic mass is 10.0. The van der Waals surface area contributed by atoms with E-state index in [2.05, 4.69) is 6.92 Å². The summed E-state index contributed by atoms with van der Waals surface area (Å²) in [5.41, 5.74) is 0. The highest BCUT2D eigenvalue weighted by molar-refractivity contribution is 4.53. The topological polar surface area (TPSA) is 38.7 Å². The fourth-order valence-corrected chi connectivity index (χ4v) is 3.34. The lowest BCUT2D eigenvalue weighted by Gasteiger charge is -2.16. The van der Waals surface area contributed by atoms with Crippen molar-refractivity contribution in [1.29, 1.82) is 0 Å². The van der Waals surface area contributed by atoms with E-state index in [9.17, 15) is 0 Å². The summed E-state index contributed by atoms with van der Waals surface area (Å²) < 4.78 is 11.2. The molecule has 3 nitrogen and oxygen atoms in total. The zero-order valence-electron chi connectivity index (χ0n) is 18.9. The maximum Gasteiger partial charge on any atom is 0.0780 e. The fourth-order valence-electron chi connectivity index (χ4n) is 3.34. The van der Waals surface area contributed by atoms with Crippen molar-refractivity contribution >= 4 is 0 Å². The number of ether oxygens (including phenoxy) is 2. The van der Waals surface area contributed by atoms with Crippen molar-refractivity contribution in [1.82, 2.24) is 0 Å². The van der Waals surface area contributed by atoms with Crippen LogP contribution in [0.5, 0.6) is 0 Å². The minimum absolute atomic E-state index is 0.0752. The van der Waals surface area contributed by atoms with Gasteiger partial charge in [-0.3, -0.25) is 0 Å². The summed E-state index contributed by atoms with van der Waals surface area (Å²) in [6.07, 6.45) is 22.4. The predicted molar refractivity (Wildman–Crippen MR) is 117 cm³/mol. The molecule has 3 heteroatoms. The number of hydrogen-bond donors (Lipinski definition) is 1. The number of hydrogen-bond acceptors (Lipinski definition) is 3. The number of rotatable bonds is 22. The van der Waals surface area contributed by atoms with E-state index in [0.717, 1.165) is 13.0 Å². The largest absolute Gasteiger partial charge is 0.394 e. The molecule has 0 heterocycles. The average molecular weight is 387 g/mol. The Morgan fingerprint density at radius 3 is 1.37 bits per heavy atom. The molecular formula is C24H50O3. The average Bonchev–Trinajstić information content (AvgIpc) is 2.68. The van der Waals surface area contributed by atoms with Gasteiger partial charge in [0.05, 0.1) is 25.4 Å². The molecular weight excluding hydrogens is 336 g/mol. The fraction of sp³-hybridized carbons (Fsp3) is 1.00. The van der Waals surface area contributed by atoms with Gasteiger partial charge in [0, 0.05) is 6.61 Å². The lowest BCUT2D eigenvalue weighted by Crippen LogP contribution is -2.22. The molecule has 2 unspecified atom stereocenters. The third kappa shape index (κ3) is 22.0. The highest BCUT2D eigenvalue weighted by atomic mass is 16.5. The third-order valence-electron chi connectivity index (χ3n) is 5.27. The third-order valence-corrected chi connectivity index (χ3v) is 5.27. The Morgan fingerprint density at radius 2 is 0.963 bits per heavy atom. The number of aliphatic hydroxyl groups is 1. The summed E-state index contributed by atoms with van der Waals surface area (Å²) in [6.45, 7) is 7.68. The van der Waals surface area contributed by atoms with Crippen LogP contribution in [0, 0.1) is 0 Å². The van der Waals surface area contributed by atoms with Crippen LogP contribution in [-0.2, 0) is 9.47 Å². The van der Waals surface area contributed by atoms with Crippen molar-refractivity contribution < 1.29 is 14.6 Å². The highest BCUT2D eigenvalue weighted by Crippen LogP contribution is 2.13. The second-order valence-electron chi connectivity index (χ2n) is 8.31. The molecule has 0 aromatic heterocycles. The molecule has 0 fully saturated rings. The van der Waals surface area contributed by atoms with E-state index >= 15 is 0 Å². The normalized spacial score (nSPS) is 13.8. The molecule has 0 radical (unpaired) electrons. The summed E-state index contributed by atoms with van der Waals surface area (Å²) in [5, 5.41) is 8.91. The van der Waals surface area contributed by atoms with E-state index in [1.54, 1.807) is 0 Å². The van der Waals surface area contributed by atoms with Crippen LogP contribution in [-0.4, -0.2) is 37.1 Å². The van der Waals surface area contributed by atoms with Crippen LogP contribution in [0.15, 0.2) is 0 Å². The standard InChI is InChI=1S/C24H50O3/c1-4-5-6-7-8-9-10-11-12-13-14-15-16-17-18-19-20-26-24(3)22-27-23(2)21-25/h23-25H,4-22H2,1-3H3. The Balaban J connectivity index is 3.10. The maximum absolute atomic E-state index is 8.91. The summed E-state index contributed by atoms with van der Waals surface area (Å²) in [6, 6.07) is 0. The van der Waals surface area contributed by atoms with Gasteiger partial charge < -0.3 is 14.6 Å². The van der Waals surface area contributed by atoms with Gasteiger partial charge >= 0.3 is 0 Å². The van der Waals surface area contributed by atoms with Crippen LogP contribution in [0.1, 0.15) is 124 Å². The van der Waals surface area contributed by atoms with Crippen LogP contribution >= 0.6 is 0 Å². The van der Waals surface area contributed by atoms with E-state index in [-0.39, 0.29) is 18.8 Å². The van der Waals surface area contributed by atoms with Gasteiger partial charge in [-0.25, -0.2) is 0 Å². The van der Waals surface area contributed by atoms with E-state index in [1.807, 2.05) is 13.8 Å². The van der Waals surface area contributed by atoms with Crippen molar-refractivity contribution in [2.45, 2.75) is 136 Å². The Morgan fingerprint density at radius 1 is 0.556 bits per heavy atom. The number of aliphatic hydroxyl groups excluding tert-OH is 1. The van der Waals surface area contributed by atoms with Crippen LogP contribution in [0.3, 0.4) is 0 Å². The molecule has 1 N–H and O–H groups in total. The van der Waals surface area contributed by atoms with Crippen LogP contribution in [0.4, 0.5) is 0 Å². The minimum Gasteiger partial charge on any atom is -0.394 e. The van der Waals surface area contributed by atoms with Gasteiger partial charge in [0.1, 0.15) is 0 Å². The first kappa shape index (κ1) is 26.9. The monoisotopic (exact) mass is 386 g/mol. The molecule has 2 atom stereocenters. The Bertz CT molecular complexity index is 270. The van der Waals surface area contributed by atoms with Crippen molar-refractivity contribution in [2.24, 2.45) is 0 Å². The number of unbranched alkanes of at least 4 members (excludes halogenated alkanes) is 15. The van der Waals surface area contributed by atoms with Gasteiger partial charge in [0.2, 0.25) is 0 Å². The molecule has 0 amide bonds. The van der Waals surface area contributed by atoms with E-state index < -0.39 is 0 Å². The maximum atomic E-state index is 8.91. The Kier molecular flexibility index (Phi) is 22.1. The molecule has 164 valence electrons. The van der Waals surface area contributed by atoms with Crippen LogP contribution in [0.2, 0.25) is 0 Å². The molecule has 0 rings (SSSR count). The van der Waals surface area contributed by atoms with Gasteiger partial charge in [0.15, 0.2) is 0 Å². The molecule has 0 bridgehead atoms. The molecule has 0 spiro atoms. The summed E-state index contributed by atoms with van der Waals surface area (Å²) in [4.78, 5) is 0. The van der Waals surface area contributed by atoms with Gasteiger partial charge in [-0.1, -0.05) is 103 Å². The Hall–Kier alpha value is -0.120. The van der Waals surface area contributed by atoms with Gasteiger partial charge in [-0.15, -0.1) is 0 Å². The first-order chi connectivity index (χ1) is 13.2. The van der Waals surface area contributed by atoms with Crippen molar-refractivity contribution in [3.05, 3.63) is 0 Å². The second kappa shape index (κ2) is 22.2. The summed E-state index contributed by atoms with van der Waals surface area (Å²) >= 11 is 0. The van der Waals surface area contributed by atoms with E-state index in [1.165, 1.54) is 96.3 Å². The quantitative estimate of drug-likeness (QED) is 0.203. The molecule has 0 aliphatic carbocycles. The van der Waals surface area contributed by atoms with Gasteiger partial charge in [-0.05, 0) is 20.3 Å². The van der Waals surface area contributed by atoms with Crippen molar-refractivity contribution in [3.8, 4) is 0 Å². The van der Waals surface area contributed by atoms with Crippen LogP contribution < -0.4 is 0 Å². The van der Waals surface area contributed by atoms with Gasteiger partial charge in [0.25, 0.3) is 0 Å². The zero-order valence-corrected chi connectivity index (χ0v) is 18.9. The molecule has 0 saturated carbocycles. The first-order valence-corrected chi connectivity index (χ1v) is 12.0. The summed E-state index contributed by atoms with van der Waals surface area (Å²) in [5.74, 6) is 0. The minimum atomic E-state index is -0.0911. The summed E-state index contributed by atoms with van der Waals surface area (Å²) in [7, 11) is 0. The van der Waals surface area contributed by atoms with Gasteiger partial charge in [-0.2, -0.15) is 0 Å². The molecule has 0 aromatic rings. The van der Waals surface area contributed by atoms with Crippen LogP contribution in [0.25, 0.3) is 0 Å². The lowest BCUT2D eigenvalue weighted by molar-refractivity contribution is -0.0459. The predicted octanol–water partition coefficient (Wildman–Crippen LogP) is 7.05.